The number of amides is 2. The monoisotopic (exact) mass is 365 g/mol. The molecule has 1 saturated heterocycles. The average molecular weight is 365 g/mol. The molecule has 144 valence electrons. The Morgan fingerprint density at radius 1 is 1.27 bits per heavy atom. The van der Waals surface area contributed by atoms with Crippen LogP contribution in [0.15, 0.2) is 18.2 Å². The van der Waals surface area contributed by atoms with Gasteiger partial charge in [-0.15, -0.1) is 0 Å². The van der Waals surface area contributed by atoms with Crippen molar-refractivity contribution in [3.63, 3.8) is 0 Å². The second-order valence-corrected chi connectivity index (χ2v) is 6.42. The minimum absolute atomic E-state index is 0.0567. The predicted molar refractivity (Wildman–Crippen MR) is 98.1 cm³/mol. The number of ether oxygens (including phenoxy) is 2. The fourth-order valence-electron chi connectivity index (χ4n) is 2.94. The van der Waals surface area contributed by atoms with Crippen LogP contribution in [0, 0.1) is 5.92 Å². The molecule has 0 aromatic heterocycles. The van der Waals surface area contributed by atoms with Gasteiger partial charge in [-0.05, 0) is 12.3 Å². The van der Waals surface area contributed by atoms with Crippen LogP contribution in [0.2, 0.25) is 0 Å². The van der Waals surface area contributed by atoms with Crippen LogP contribution < -0.4 is 19.7 Å². The fourth-order valence-corrected chi connectivity index (χ4v) is 2.94. The lowest BCUT2D eigenvalue weighted by Crippen LogP contribution is -2.40. The van der Waals surface area contributed by atoms with Gasteiger partial charge in [-0.25, -0.2) is 4.79 Å². The molecule has 0 spiro atoms. The van der Waals surface area contributed by atoms with E-state index in [1.54, 1.807) is 21.3 Å². The summed E-state index contributed by atoms with van der Waals surface area (Å²) < 4.78 is 10.6. The van der Waals surface area contributed by atoms with E-state index in [2.05, 4.69) is 10.2 Å². The van der Waals surface area contributed by atoms with Crippen LogP contribution in [0.3, 0.4) is 0 Å². The summed E-state index contributed by atoms with van der Waals surface area (Å²) in [6.07, 6.45) is 0.914. The number of hydrogen-bond donors (Lipinski definition) is 2. The summed E-state index contributed by atoms with van der Waals surface area (Å²) in [7, 11) is 4.85. The highest BCUT2D eigenvalue weighted by molar-refractivity contribution is 5.75. The summed E-state index contributed by atoms with van der Waals surface area (Å²) in [5, 5.41) is 11.6. The van der Waals surface area contributed by atoms with Crippen molar-refractivity contribution in [2.75, 3.05) is 52.3 Å². The molecule has 1 aliphatic rings. The molecule has 0 aliphatic carbocycles. The maximum atomic E-state index is 12.0. The zero-order chi connectivity index (χ0) is 19.1. The number of rotatable bonds is 8. The molecular weight excluding hydrogens is 338 g/mol. The van der Waals surface area contributed by atoms with E-state index in [0.29, 0.717) is 12.5 Å². The van der Waals surface area contributed by atoms with Crippen molar-refractivity contribution in [2.24, 2.45) is 5.92 Å². The first-order valence-electron chi connectivity index (χ1n) is 8.61. The summed E-state index contributed by atoms with van der Waals surface area (Å²) in [6, 6.07) is 5.55. The summed E-state index contributed by atoms with van der Waals surface area (Å²) in [5.41, 5.74) is 1.04. The highest BCUT2D eigenvalue weighted by Gasteiger charge is 2.24. The van der Waals surface area contributed by atoms with E-state index in [1.165, 1.54) is 4.90 Å². The minimum atomic E-state index is -0.912. The molecule has 2 N–H and O–H groups in total. The van der Waals surface area contributed by atoms with E-state index in [0.717, 1.165) is 36.7 Å². The lowest BCUT2D eigenvalue weighted by atomic mass is 10.1. The lowest BCUT2D eigenvalue weighted by molar-refractivity contribution is -0.137. The first-order chi connectivity index (χ1) is 12.4. The number of methoxy groups -OCH3 is 2. The zero-order valence-corrected chi connectivity index (χ0v) is 15.5. The fraction of sp³-hybridized carbons (Fsp3) is 0.556. The molecule has 2 rings (SSSR count). The molecule has 1 aromatic carbocycles. The molecule has 1 unspecified atom stereocenters. The molecule has 1 fully saturated rings. The summed E-state index contributed by atoms with van der Waals surface area (Å²) in [6.45, 7) is 2.48. The number of hydrogen-bond acceptors (Lipinski definition) is 5. The van der Waals surface area contributed by atoms with Crippen molar-refractivity contribution in [3.05, 3.63) is 18.2 Å². The molecule has 8 nitrogen and oxygen atoms in total. The van der Waals surface area contributed by atoms with Gasteiger partial charge in [-0.3, -0.25) is 4.79 Å². The molecule has 1 heterocycles. The predicted octanol–water partition coefficient (Wildman–Crippen LogP) is 1.65. The van der Waals surface area contributed by atoms with E-state index in [1.807, 2.05) is 18.2 Å². The second kappa shape index (κ2) is 9.17. The zero-order valence-electron chi connectivity index (χ0n) is 15.5. The van der Waals surface area contributed by atoms with Gasteiger partial charge in [0.1, 0.15) is 11.5 Å². The molecule has 1 aliphatic heterocycles. The molecular formula is C18H27N3O5. The molecule has 1 atom stereocenters. The molecule has 8 heteroatoms. The Kier molecular flexibility index (Phi) is 6.94. The number of carboxylic acids is 1. The third-order valence-electron chi connectivity index (χ3n) is 4.54. The van der Waals surface area contributed by atoms with Crippen LogP contribution >= 0.6 is 0 Å². The first-order valence-corrected chi connectivity index (χ1v) is 8.61. The number of aliphatic carboxylic acids is 1. The van der Waals surface area contributed by atoms with Crippen LogP contribution in [0.4, 0.5) is 10.5 Å². The van der Waals surface area contributed by atoms with Crippen LogP contribution in [0.1, 0.15) is 12.8 Å². The maximum Gasteiger partial charge on any atom is 0.317 e. The standard InChI is InChI=1S/C18H27N3O5/c1-20(6-5-17(22)23)18(24)19-11-13-4-7-21(12-13)14-8-15(25-2)10-16(9-14)26-3/h8-10,13H,4-7,11-12H2,1-3H3,(H,19,24)(H,22,23). The van der Waals surface area contributed by atoms with Gasteiger partial charge in [0, 0.05) is 57.1 Å². The summed E-state index contributed by atoms with van der Waals surface area (Å²) in [4.78, 5) is 26.2. The molecule has 0 radical (unpaired) electrons. The van der Waals surface area contributed by atoms with Gasteiger partial charge in [-0.1, -0.05) is 0 Å². The van der Waals surface area contributed by atoms with Crippen LogP contribution in [0.5, 0.6) is 11.5 Å². The molecule has 1 aromatic rings. The van der Waals surface area contributed by atoms with Crippen molar-refractivity contribution in [2.45, 2.75) is 12.8 Å². The third kappa shape index (κ3) is 5.44. The Morgan fingerprint density at radius 2 is 1.92 bits per heavy atom. The second-order valence-electron chi connectivity index (χ2n) is 6.42. The summed E-state index contributed by atoms with van der Waals surface area (Å²) >= 11 is 0. The Hall–Kier alpha value is -2.64. The SMILES string of the molecule is COc1cc(OC)cc(N2CCC(CNC(=O)N(C)CCC(=O)O)C2)c1. The molecule has 0 bridgehead atoms. The van der Waals surface area contributed by atoms with Gasteiger partial charge in [-0.2, -0.15) is 0 Å². The number of nitrogens with one attached hydrogen (secondary N) is 1. The Morgan fingerprint density at radius 3 is 2.50 bits per heavy atom. The lowest BCUT2D eigenvalue weighted by Gasteiger charge is -2.21. The Bertz CT molecular complexity index is 615. The third-order valence-corrected chi connectivity index (χ3v) is 4.54. The van der Waals surface area contributed by atoms with E-state index in [-0.39, 0.29) is 19.0 Å². The van der Waals surface area contributed by atoms with Gasteiger partial charge in [0.2, 0.25) is 0 Å². The minimum Gasteiger partial charge on any atom is -0.497 e. The van der Waals surface area contributed by atoms with Crippen molar-refractivity contribution >= 4 is 17.7 Å². The number of anilines is 1. The van der Waals surface area contributed by atoms with Gasteiger partial charge in [0.05, 0.1) is 20.6 Å². The van der Waals surface area contributed by atoms with E-state index in [4.69, 9.17) is 14.6 Å². The van der Waals surface area contributed by atoms with E-state index in [9.17, 15) is 9.59 Å². The van der Waals surface area contributed by atoms with Crippen LogP contribution in [-0.4, -0.2) is 69.5 Å². The van der Waals surface area contributed by atoms with Crippen molar-refractivity contribution in [3.8, 4) is 11.5 Å². The average Bonchev–Trinajstić information content (AvgIpc) is 3.12. The van der Waals surface area contributed by atoms with Crippen LogP contribution in [0.25, 0.3) is 0 Å². The van der Waals surface area contributed by atoms with Crippen molar-refractivity contribution in [1.29, 1.82) is 0 Å². The maximum absolute atomic E-state index is 12.0. The number of benzene rings is 1. The van der Waals surface area contributed by atoms with Crippen molar-refractivity contribution < 1.29 is 24.2 Å². The summed E-state index contributed by atoms with van der Waals surface area (Å²) in [5.74, 6) is 0.918. The van der Waals surface area contributed by atoms with Gasteiger partial charge < -0.3 is 29.7 Å². The topological polar surface area (TPSA) is 91.3 Å². The number of carbonyl (C=O) groups is 2. The largest absolute Gasteiger partial charge is 0.497 e. The number of nitrogens with zero attached hydrogens (tertiary/aromatic N) is 2. The van der Waals surface area contributed by atoms with Crippen molar-refractivity contribution in [1.82, 2.24) is 10.2 Å². The number of carboxylic acid groups (broad SMARTS) is 1. The van der Waals surface area contributed by atoms with E-state index < -0.39 is 5.97 Å². The van der Waals surface area contributed by atoms with Gasteiger partial charge in [0.15, 0.2) is 0 Å². The van der Waals surface area contributed by atoms with Crippen LogP contribution in [-0.2, 0) is 4.79 Å². The number of urea groups is 1. The Labute approximate surface area is 153 Å². The highest BCUT2D eigenvalue weighted by Crippen LogP contribution is 2.31. The van der Waals surface area contributed by atoms with Gasteiger partial charge in [0.25, 0.3) is 0 Å². The van der Waals surface area contributed by atoms with Gasteiger partial charge >= 0.3 is 12.0 Å². The molecule has 0 saturated carbocycles. The first kappa shape index (κ1) is 19.7. The number of carbonyl (C=O) groups excluding carboxylic acids is 1. The smallest absolute Gasteiger partial charge is 0.317 e. The molecule has 26 heavy (non-hydrogen) atoms. The molecule has 2 amide bonds. The quantitative estimate of drug-likeness (QED) is 0.728. The Balaban J connectivity index is 1.85. The normalized spacial score (nSPS) is 16.3. The van der Waals surface area contributed by atoms with E-state index >= 15 is 0 Å². The highest BCUT2D eigenvalue weighted by atomic mass is 16.5.